The Labute approximate surface area is 151 Å². The zero-order valence-corrected chi connectivity index (χ0v) is 14.4. The van der Waals surface area contributed by atoms with Gasteiger partial charge in [-0.1, -0.05) is 54.6 Å². The van der Waals surface area contributed by atoms with E-state index in [0.29, 0.717) is 11.1 Å². The van der Waals surface area contributed by atoms with E-state index >= 15 is 0 Å². The highest BCUT2D eigenvalue weighted by Crippen LogP contribution is 2.38. The van der Waals surface area contributed by atoms with Gasteiger partial charge in [-0.2, -0.15) is 5.10 Å². The minimum Gasteiger partial charge on any atom is -0.382 e. The molecule has 0 bridgehead atoms. The number of aromatic nitrogens is 2. The molecule has 4 aromatic rings. The fraction of sp³-hybridized carbons (Fsp3) is 0.136. The standard InChI is InChI=1S/C22H19FN2O/c1-22(26,21(23)16-8-4-2-5-9-16)18-12-13-20-17(14-18)15-24-25(20)19-10-6-3-7-11-19/h2-15,21,26H,1H3. The van der Waals surface area contributed by atoms with Crippen molar-refractivity contribution in [2.45, 2.75) is 18.7 Å². The molecule has 0 saturated heterocycles. The number of alkyl halides is 1. The van der Waals surface area contributed by atoms with E-state index in [1.54, 1.807) is 42.6 Å². The number of halogens is 1. The topological polar surface area (TPSA) is 38.1 Å². The number of fused-ring (bicyclic) bond motifs is 1. The molecule has 2 unspecified atom stereocenters. The molecule has 4 rings (SSSR count). The normalized spacial score (nSPS) is 14.9. The van der Waals surface area contributed by atoms with Crippen LogP contribution < -0.4 is 0 Å². The van der Waals surface area contributed by atoms with Crippen LogP contribution in [0.2, 0.25) is 0 Å². The second-order valence-corrected chi connectivity index (χ2v) is 6.59. The van der Waals surface area contributed by atoms with Gasteiger partial charge in [0.1, 0.15) is 5.60 Å². The van der Waals surface area contributed by atoms with Gasteiger partial charge in [-0.05, 0) is 42.3 Å². The van der Waals surface area contributed by atoms with Crippen LogP contribution in [0.15, 0.2) is 85.1 Å². The van der Waals surface area contributed by atoms with Crippen LogP contribution >= 0.6 is 0 Å². The lowest BCUT2D eigenvalue weighted by molar-refractivity contribution is -0.0259. The van der Waals surface area contributed by atoms with Gasteiger partial charge in [-0.15, -0.1) is 0 Å². The molecule has 0 fully saturated rings. The molecule has 2 atom stereocenters. The summed E-state index contributed by atoms with van der Waals surface area (Å²) >= 11 is 0. The number of benzene rings is 3. The molecule has 0 aliphatic carbocycles. The van der Waals surface area contributed by atoms with E-state index in [1.807, 2.05) is 47.1 Å². The summed E-state index contributed by atoms with van der Waals surface area (Å²) < 4.78 is 16.8. The predicted molar refractivity (Wildman–Crippen MR) is 101 cm³/mol. The monoisotopic (exact) mass is 346 g/mol. The Morgan fingerprint density at radius 2 is 1.62 bits per heavy atom. The van der Waals surface area contributed by atoms with Crippen molar-refractivity contribution in [1.82, 2.24) is 9.78 Å². The first-order valence-corrected chi connectivity index (χ1v) is 8.52. The summed E-state index contributed by atoms with van der Waals surface area (Å²) in [5, 5.41) is 16.2. The number of aliphatic hydroxyl groups is 1. The van der Waals surface area contributed by atoms with Crippen LogP contribution in [0.4, 0.5) is 4.39 Å². The Kier molecular flexibility index (Phi) is 4.05. The summed E-state index contributed by atoms with van der Waals surface area (Å²) in [7, 11) is 0. The van der Waals surface area contributed by atoms with E-state index in [2.05, 4.69) is 5.10 Å². The summed E-state index contributed by atoms with van der Waals surface area (Å²) in [6, 6.07) is 24.0. The van der Waals surface area contributed by atoms with Crippen LogP contribution in [0.5, 0.6) is 0 Å². The third-order valence-corrected chi connectivity index (χ3v) is 4.74. The fourth-order valence-corrected chi connectivity index (χ4v) is 3.22. The van der Waals surface area contributed by atoms with E-state index < -0.39 is 11.8 Å². The van der Waals surface area contributed by atoms with Gasteiger partial charge in [0, 0.05) is 5.39 Å². The zero-order chi connectivity index (χ0) is 18.1. The van der Waals surface area contributed by atoms with Gasteiger partial charge in [0.2, 0.25) is 0 Å². The molecule has 0 aliphatic heterocycles. The molecule has 3 nitrogen and oxygen atoms in total. The molecule has 4 heteroatoms. The highest BCUT2D eigenvalue weighted by molar-refractivity contribution is 5.81. The van der Waals surface area contributed by atoms with Crippen molar-refractivity contribution in [3.05, 3.63) is 96.2 Å². The number of rotatable bonds is 4. The Morgan fingerprint density at radius 1 is 0.962 bits per heavy atom. The second-order valence-electron chi connectivity index (χ2n) is 6.59. The van der Waals surface area contributed by atoms with Crippen molar-refractivity contribution >= 4 is 10.9 Å². The van der Waals surface area contributed by atoms with Crippen molar-refractivity contribution in [2.24, 2.45) is 0 Å². The Morgan fingerprint density at radius 3 is 2.31 bits per heavy atom. The second kappa shape index (κ2) is 6.39. The van der Waals surface area contributed by atoms with E-state index in [1.165, 1.54) is 6.92 Å². The van der Waals surface area contributed by atoms with Crippen LogP contribution in [0, 0.1) is 0 Å². The SMILES string of the molecule is CC(O)(c1ccc2c(cnn2-c2ccccc2)c1)C(F)c1ccccc1. The molecule has 130 valence electrons. The summed E-state index contributed by atoms with van der Waals surface area (Å²) in [4.78, 5) is 0. The van der Waals surface area contributed by atoms with Crippen LogP contribution in [-0.4, -0.2) is 14.9 Å². The lowest BCUT2D eigenvalue weighted by atomic mass is 9.87. The lowest BCUT2D eigenvalue weighted by Crippen LogP contribution is -2.27. The van der Waals surface area contributed by atoms with Gasteiger partial charge in [0.25, 0.3) is 0 Å². The van der Waals surface area contributed by atoms with Crippen LogP contribution in [0.1, 0.15) is 24.2 Å². The molecule has 26 heavy (non-hydrogen) atoms. The third kappa shape index (κ3) is 2.78. The van der Waals surface area contributed by atoms with Crippen LogP contribution in [-0.2, 0) is 5.60 Å². The maximum Gasteiger partial charge on any atom is 0.158 e. The minimum absolute atomic E-state index is 0.456. The van der Waals surface area contributed by atoms with Crippen molar-refractivity contribution in [2.75, 3.05) is 0 Å². The molecule has 0 aliphatic rings. The van der Waals surface area contributed by atoms with E-state index in [-0.39, 0.29) is 0 Å². The highest BCUT2D eigenvalue weighted by atomic mass is 19.1. The maximum atomic E-state index is 15.0. The number of hydrogen-bond acceptors (Lipinski definition) is 2. The van der Waals surface area contributed by atoms with E-state index in [9.17, 15) is 9.50 Å². The molecule has 0 saturated carbocycles. The quantitative estimate of drug-likeness (QED) is 0.568. The zero-order valence-electron chi connectivity index (χ0n) is 14.4. The Balaban J connectivity index is 1.74. The van der Waals surface area contributed by atoms with Crippen LogP contribution in [0.25, 0.3) is 16.6 Å². The van der Waals surface area contributed by atoms with Gasteiger partial charge in [-0.3, -0.25) is 0 Å². The maximum absolute atomic E-state index is 15.0. The molecule has 0 radical (unpaired) electrons. The van der Waals surface area contributed by atoms with Crippen molar-refractivity contribution in [1.29, 1.82) is 0 Å². The molecular weight excluding hydrogens is 327 g/mol. The molecular formula is C22H19FN2O. The predicted octanol–water partition coefficient (Wildman–Crippen LogP) is 4.94. The largest absolute Gasteiger partial charge is 0.382 e. The van der Waals surface area contributed by atoms with Gasteiger partial charge < -0.3 is 5.11 Å². The van der Waals surface area contributed by atoms with Gasteiger partial charge >= 0.3 is 0 Å². The summed E-state index contributed by atoms with van der Waals surface area (Å²) in [5.74, 6) is 0. The van der Waals surface area contributed by atoms with Gasteiger partial charge in [0.05, 0.1) is 17.4 Å². The first kappa shape index (κ1) is 16.5. The minimum atomic E-state index is -1.63. The van der Waals surface area contributed by atoms with Gasteiger partial charge in [-0.25, -0.2) is 9.07 Å². The Hall–Kier alpha value is -2.98. The molecule has 1 N–H and O–H groups in total. The van der Waals surface area contributed by atoms with Crippen molar-refractivity contribution in [3.63, 3.8) is 0 Å². The van der Waals surface area contributed by atoms with Crippen molar-refractivity contribution in [3.8, 4) is 5.69 Å². The first-order chi connectivity index (χ1) is 12.6. The average Bonchev–Trinajstić information content (AvgIpc) is 3.12. The molecule has 3 aromatic carbocycles. The van der Waals surface area contributed by atoms with Gasteiger partial charge in [0.15, 0.2) is 6.17 Å². The fourth-order valence-electron chi connectivity index (χ4n) is 3.22. The average molecular weight is 346 g/mol. The Bertz CT molecular complexity index is 1030. The lowest BCUT2D eigenvalue weighted by Gasteiger charge is -2.28. The van der Waals surface area contributed by atoms with Crippen LogP contribution in [0.3, 0.4) is 0 Å². The third-order valence-electron chi connectivity index (χ3n) is 4.74. The number of hydrogen-bond donors (Lipinski definition) is 1. The smallest absolute Gasteiger partial charge is 0.158 e. The number of nitrogens with zero attached hydrogens (tertiary/aromatic N) is 2. The van der Waals surface area contributed by atoms with Crippen molar-refractivity contribution < 1.29 is 9.50 Å². The first-order valence-electron chi connectivity index (χ1n) is 8.52. The van der Waals surface area contributed by atoms with E-state index in [4.69, 9.17) is 0 Å². The summed E-state index contributed by atoms with van der Waals surface area (Å²) in [6.45, 7) is 1.51. The molecule has 1 aromatic heterocycles. The summed E-state index contributed by atoms with van der Waals surface area (Å²) in [5.41, 5.74) is 1.21. The van der Waals surface area contributed by atoms with E-state index in [0.717, 1.165) is 16.6 Å². The summed E-state index contributed by atoms with van der Waals surface area (Å²) in [6.07, 6.45) is 0.211. The molecule has 0 spiro atoms. The molecule has 1 heterocycles. The highest BCUT2D eigenvalue weighted by Gasteiger charge is 2.35. The molecule has 0 amide bonds. The number of para-hydroxylation sites is 1.